The van der Waals surface area contributed by atoms with Gasteiger partial charge in [-0.05, 0) is 0 Å². The lowest BCUT2D eigenvalue weighted by molar-refractivity contribution is -0.302. The van der Waals surface area contributed by atoms with Gasteiger partial charge in [0.1, 0.15) is 12.7 Å². The van der Waals surface area contributed by atoms with Crippen LogP contribution in [0.2, 0.25) is 0 Å². The number of methoxy groups -OCH3 is 1. The van der Waals surface area contributed by atoms with Crippen molar-refractivity contribution in [1.29, 1.82) is 0 Å². The summed E-state index contributed by atoms with van der Waals surface area (Å²) in [4.78, 5) is 65.0. The minimum absolute atomic E-state index is 0.280. The van der Waals surface area contributed by atoms with E-state index < -0.39 is 66.5 Å². The molecule has 0 aromatic heterocycles. The third-order valence-corrected chi connectivity index (χ3v) is 3.47. The van der Waals surface area contributed by atoms with Crippen molar-refractivity contribution in [3.63, 3.8) is 0 Å². The smallest absolute Gasteiger partial charge is 0.310 e. The molecule has 0 aromatic rings. The van der Waals surface area contributed by atoms with Gasteiger partial charge in [-0.15, -0.1) is 0 Å². The first kappa shape index (κ1) is 28.9. The first-order valence-corrected chi connectivity index (χ1v) is 9.30. The highest BCUT2D eigenvalue weighted by Crippen LogP contribution is 2.29. The average Bonchev–Trinajstić information content (AvgIpc) is 2.61. The van der Waals surface area contributed by atoms with Crippen molar-refractivity contribution < 1.29 is 61.9 Å². The molecule has 13 heteroatoms. The second-order valence-electron chi connectivity index (χ2n) is 6.39. The van der Waals surface area contributed by atoms with Crippen molar-refractivity contribution >= 4 is 35.8 Å². The lowest BCUT2D eigenvalue weighted by atomic mass is 9.98. The van der Waals surface area contributed by atoms with Crippen molar-refractivity contribution in [3.8, 4) is 0 Å². The highest BCUT2D eigenvalue weighted by molar-refractivity contribution is 5.82. The Labute approximate surface area is 184 Å². The van der Waals surface area contributed by atoms with Crippen LogP contribution in [0.15, 0.2) is 0 Å². The van der Waals surface area contributed by atoms with Crippen molar-refractivity contribution in [2.45, 2.75) is 72.2 Å². The lowest BCUT2D eigenvalue weighted by Gasteiger charge is -2.43. The Kier molecular flexibility index (Phi) is 12.7. The van der Waals surface area contributed by atoms with Gasteiger partial charge in [-0.3, -0.25) is 28.8 Å². The Morgan fingerprint density at radius 3 is 1.41 bits per heavy atom. The van der Waals surface area contributed by atoms with Gasteiger partial charge in [-0.1, -0.05) is 0 Å². The highest BCUT2D eigenvalue weighted by atomic mass is 16.7. The van der Waals surface area contributed by atoms with Crippen molar-refractivity contribution in [2.75, 3.05) is 13.7 Å². The molecular formula is C19H28O13. The lowest BCUT2D eigenvalue weighted by Crippen LogP contribution is -2.62. The van der Waals surface area contributed by atoms with Gasteiger partial charge in [0.25, 0.3) is 0 Å². The number of rotatable bonds is 6. The minimum atomic E-state index is -1.20. The third-order valence-electron chi connectivity index (χ3n) is 3.47. The van der Waals surface area contributed by atoms with Crippen LogP contribution in [0.25, 0.3) is 0 Å². The molecule has 1 aliphatic rings. The minimum Gasteiger partial charge on any atom is -0.463 e. The molecule has 182 valence electrons. The van der Waals surface area contributed by atoms with Crippen molar-refractivity contribution in [2.24, 2.45) is 0 Å². The van der Waals surface area contributed by atoms with E-state index in [-0.39, 0.29) is 6.61 Å². The number of hydrogen-bond acceptors (Lipinski definition) is 13. The van der Waals surface area contributed by atoms with Crippen LogP contribution in [0.4, 0.5) is 0 Å². The molecule has 0 amide bonds. The van der Waals surface area contributed by atoms with Crippen LogP contribution in [0.5, 0.6) is 0 Å². The topological polar surface area (TPSA) is 167 Å². The molecule has 0 unspecified atom stereocenters. The van der Waals surface area contributed by atoms with Gasteiger partial charge in [0.05, 0.1) is 0 Å². The first-order valence-electron chi connectivity index (χ1n) is 9.30. The van der Waals surface area contributed by atoms with Gasteiger partial charge in [0.2, 0.25) is 0 Å². The van der Waals surface area contributed by atoms with Crippen LogP contribution in [-0.2, 0) is 61.9 Å². The molecule has 0 bridgehead atoms. The van der Waals surface area contributed by atoms with Crippen LogP contribution >= 0.6 is 0 Å². The molecule has 1 rings (SSSR count). The average molecular weight is 464 g/mol. The molecular weight excluding hydrogens is 436 g/mol. The molecule has 13 nitrogen and oxygen atoms in total. The molecule has 0 saturated carbocycles. The summed E-state index contributed by atoms with van der Waals surface area (Å²) in [5, 5.41) is 0. The van der Waals surface area contributed by atoms with Crippen LogP contribution in [-0.4, -0.2) is 80.2 Å². The third kappa shape index (κ3) is 11.4. The van der Waals surface area contributed by atoms with E-state index in [0.717, 1.165) is 20.8 Å². The monoisotopic (exact) mass is 464 g/mol. The summed E-state index contributed by atoms with van der Waals surface area (Å²) in [5.41, 5.74) is 0. The molecule has 1 fully saturated rings. The van der Waals surface area contributed by atoms with Crippen LogP contribution in [0.1, 0.15) is 41.5 Å². The number of carbonyl (C=O) groups excluding carboxylic acids is 6. The Balaban J connectivity index is 0.00000118. The largest absolute Gasteiger partial charge is 0.463 e. The fourth-order valence-corrected chi connectivity index (χ4v) is 2.58. The molecule has 0 aromatic carbocycles. The molecule has 0 radical (unpaired) electrons. The summed E-state index contributed by atoms with van der Waals surface area (Å²) < 4.78 is 35.1. The normalized spacial score (nSPS) is 24.0. The molecule has 32 heavy (non-hydrogen) atoms. The van der Waals surface area contributed by atoms with Gasteiger partial charge in [-0.25, -0.2) is 0 Å². The van der Waals surface area contributed by atoms with E-state index in [1.807, 2.05) is 0 Å². The fraction of sp³-hybridized carbons (Fsp3) is 0.684. The zero-order valence-corrected chi connectivity index (χ0v) is 18.9. The molecule has 0 N–H and O–H groups in total. The molecule has 1 saturated heterocycles. The standard InChI is InChI=1S/C15H22O10.C4H6O3/c1-7(16)21-6-11-12(22-8(2)17)13(23-9(3)18)14(24-10(4)19)15(20-5)25-11;1-3(5)7-4(2)6/h11-15H,6H2,1-5H3;1-2H3/t11-,12-,13+,14-,15+;/m0./s1. The van der Waals surface area contributed by atoms with E-state index in [4.69, 9.17) is 28.4 Å². The van der Waals surface area contributed by atoms with Crippen molar-refractivity contribution in [1.82, 2.24) is 0 Å². The Morgan fingerprint density at radius 1 is 0.625 bits per heavy atom. The van der Waals surface area contributed by atoms with E-state index in [9.17, 15) is 28.8 Å². The molecule has 1 aliphatic heterocycles. The number of esters is 6. The molecule has 0 spiro atoms. The van der Waals surface area contributed by atoms with Crippen molar-refractivity contribution in [3.05, 3.63) is 0 Å². The van der Waals surface area contributed by atoms with Crippen LogP contribution < -0.4 is 0 Å². The SMILES string of the molecule is CC(=O)OC(C)=O.CO[C@@H]1O[C@@H](COC(C)=O)[C@H](OC(C)=O)[C@@H](OC(C)=O)[C@@H]1OC(C)=O. The van der Waals surface area contributed by atoms with E-state index in [1.165, 1.54) is 27.9 Å². The van der Waals surface area contributed by atoms with Gasteiger partial charge in [-0.2, -0.15) is 0 Å². The molecule has 5 atom stereocenters. The van der Waals surface area contributed by atoms with Crippen LogP contribution in [0.3, 0.4) is 0 Å². The number of carbonyl (C=O) groups is 6. The Bertz CT molecular complexity index is 689. The van der Waals surface area contributed by atoms with E-state index in [2.05, 4.69) is 4.74 Å². The summed E-state index contributed by atoms with van der Waals surface area (Å²) in [7, 11) is 1.29. The van der Waals surface area contributed by atoms with Gasteiger partial charge >= 0.3 is 35.8 Å². The first-order chi connectivity index (χ1) is 14.8. The van der Waals surface area contributed by atoms with Gasteiger partial charge < -0.3 is 33.2 Å². The maximum absolute atomic E-state index is 11.5. The predicted octanol–water partition coefficient (Wildman–Crippen LogP) is -0.188. The quantitative estimate of drug-likeness (QED) is 0.288. The molecule has 0 aliphatic carbocycles. The predicted molar refractivity (Wildman–Crippen MR) is 101 cm³/mol. The number of ether oxygens (including phenoxy) is 7. The zero-order valence-electron chi connectivity index (χ0n) is 18.9. The second-order valence-corrected chi connectivity index (χ2v) is 6.39. The van der Waals surface area contributed by atoms with Gasteiger partial charge in [0.15, 0.2) is 24.6 Å². The van der Waals surface area contributed by atoms with Gasteiger partial charge in [0, 0.05) is 48.7 Å². The number of hydrogen-bond donors (Lipinski definition) is 0. The van der Waals surface area contributed by atoms with Crippen LogP contribution in [0, 0.1) is 0 Å². The fourth-order valence-electron chi connectivity index (χ4n) is 2.58. The summed E-state index contributed by atoms with van der Waals surface area (Å²) >= 11 is 0. The molecule has 1 heterocycles. The Hall–Kier alpha value is -3.06. The van der Waals surface area contributed by atoms with E-state index in [1.54, 1.807) is 0 Å². The van der Waals surface area contributed by atoms with E-state index >= 15 is 0 Å². The zero-order chi connectivity index (χ0) is 25.0. The van der Waals surface area contributed by atoms with E-state index in [0.29, 0.717) is 0 Å². The summed E-state index contributed by atoms with van der Waals surface area (Å²) in [6.45, 7) is 6.73. The Morgan fingerprint density at radius 2 is 1.06 bits per heavy atom. The second kappa shape index (κ2) is 14.1. The maximum Gasteiger partial charge on any atom is 0.310 e. The summed E-state index contributed by atoms with van der Waals surface area (Å²) in [5.74, 6) is -3.75. The highest BCUT2D eigenvalue weighted by Gasteiger charge is 2.52. The summed E-state index contributed by atoms with van der Waals surface area (Å²) in [6.07, 6.45) is -5.67. The maximum atomic E-state index is 11.5. The summed E-state index contributed by atoms with van der Waals surface area (Å²) in [6, 6.07) is 0.